The number of ether oxygens (including phenoxy) is 1. The molecule has 0 amide bonds. The van der Waals surface area contributed by atoms with Crippen LogP contribution in [0.2, 0.25) is 0 Å². The molecule has 0 aliphatic carbocycles. The van der Waals surface area contributed by atoms with Gasteiger partial charge in [0.1, 0.15) is 18.6 Å². The Kier molecular flexibility index (Phi) is 7.95. The molecule has 1 heterocycles. The molecule has 0 aliphatic rings. The SMILES string of the molecule is C/C=C(C)/C=C/C=C(\S)COc1ccc(C(CC(=O)O)c2ccon2)cc1. The minimum atomic E-state index is -0.894. The van der Waals surface area contributed by atoms with Crippen LogP contribution in [-0.4, -0.2) is 22.8 Å². The molecule has 1 aromatic heterocycles. The van der Waals surface area contributed by atoms with Gasteiger partial charge in [-0.3, -0.25) is 4.79 Å². The third-order valence-corrected chi connectivity index (χ3v) is 4.24. The molecule has 27 heavy (non-hydrogen) atoms. The van der Waals surface area contributed by atoms with E-state index in [1.807, 2.05) is 62.4 Å². The number of hydrogen-bond donors (Lipinski definition) is 2. The molecule has 0 spiro atoms. The van der Waals surface area contributed by atoms with Crippen molar-refractivity contribution in [3.05, 3.63) is 82.6 Å². The van der Waals surface area contributed by atoms with Gasteiger partial charge >= 0.3 is 5.97 Å². The number of carboxylic acids is 1. The second kappa shape index (κ2) is 10.4. The summed E-state index contributed by atoms with van der Waals surface area (Å²) in [7, 11) is 0. The number of allylic oxidation sites excluding steroid dienone is 5. The van der Waals surface area contributed by atoms with Crippen molar-refractivity contribution in [2.24, 2.45) is 0 Å². The third kappa shape index (κ3) is 6.83. The summed E-state index contributed by atoms with van der Waals surface area (Å²) in [5.74, 6) is -0.577. The molecule has 0 bridgehead atoms. The topological polar surface area (TPSA) is 72.6 Å². The summed E-state index contributed by atoms with van der Waals surface area (Å²) < 4.78 is 10.6. The molecule has 5 nitrogen and oxygen atoms in total. The van der Waals surface area contributed by atoms with Crippen LogP contribution in [0.15, 0.2) is 75.9 Å². The van der Waals surface area contributed by atoms with Crippen molar-refractivity contribution in [2.75, 3.05) is 6.61 Å². The van der Waals surface area contributed by atoms with E-state index in [9.17, 15) is 4.79 Å². The molecule has 0 fully saturated rings. The first-order valence-corrected chi connectivity index (χ1v) is 8.98. The molecule has 2 rings (SSSR count). The van der Waals surface area contributed by atoms with Gasteiger partial charge < -0.3 is 14.4 Å². The van der Waals surface area contributed by atoms with E-state index in [1.54, 1.807) is 6.07 Å². The Morgan fingerprint density at radius 2 is 2.07 bits per heavy atom. The fraction of sp³-hybridized carbons (Fsp3) is 0.238. The van der Waals surface area contributed by atoms with Crippen LogP contribution < -0.4 is 4.74 Å². The zero-order valence-electron chi connectivity index (χ0n) is 15.3. The number of benzene rings is 1. The van der Waals surface area contributed by atoms with E-state index in [4.69, 9.17) is 14.4 Å². The third-order valence-electron chi connectivity index (χ3n) is 3.97. The van der Waals surface area contributed by atoms with Crippen molar-refractivity contribution in [3.63, 3.8) is 0 Å². The zero-order chi connectivity index (χ0) is 19.6. The second-order valence-electron chi connectivity index (χ2n) is 5.98. The van der Waals surface area contributed by atoms with E-state index >= 15 is 0 Å². The summed E-state index contributed by atoms with van der Waals surface area (Å²) in [6.07, 6.45) is 9.22. The smallest absolute Gasteiger partial charge is 0.304 e. The highest BCUT2D eigenvalue weighted by atomic mass is 32.1. The predicted molar refractivity (Wildman–Crippen MR) is 108 cm³/mol. The van der Waals surface area contributed by atoms with Crippen LogP contribution in [0.1, 0.15) is 37.4 Å². The maximum Gasteiger partial charge on any atom is 0.304 e. The minimum absolute atomic E-state index is 0.0613. The van der Waals surface area contributed by atoms with Crippen LogP contribution >= 0.6 is 12.6 Å². The van der Waals surface area contributed by atoms with Crippen molar-refractivity contribution in [1.82, 2.24) is 5.16 Å². The van der Waals surface area contributed by atoms with Gasteiger partial charge in [0.2, 0.25) is 0 Å². The molecular formula is C21H23NO4S. The molecule has 1 atom stereocenters. The van der Waals surface area contributed by atoms with Crippen molar-refractivity contribution in [3.8, 4) is 5.75 Å². The lowest BCUT2D eigenvalue weighted by atomic mass is 9.92. The van der Waals surface area contributed by atoms with Gasteiger partial charge in [0.25, 0.3) is 0 Å². The lowest BCUT2D eigenvalue weighted by Crippen LogP contribution is -2.08. The monoisotopic (exact) mass is 385 g/mol. The summed E-state index contributed by atoms with van der Waals surface area (Å²) >= 11 is 4.40. The molecule has 6 heteroatoms. The Morgan fingerprint density at radius 3 is 2.67 bits per heavy atom. The number of thiol groups is 1. The van der Waals surface area contributed by atoms with Gasteiger partial charge in [-0.25, -0.2) is 0 Å². The summed E-state index contributed by atoms with van der Waals surface area (Å²) in [5.41, 5.74) is 2.60. The van der Waals surface area contributed by atoms with E-state index in [2.05, 4.69) is 17.8 Å². The highest BCUT2D eigenvalue weighted by Gasteiger charge is 2.20. The van der Waals surface area contributed by atoms with Gasteiger partial charge in [-0.2, -0.15) is 0 Å². The maximum atomic E-state index is 11.2. The standard InChI is InChI=1S/C21H23NO4S/c1-3-15(2)5-4-6-18(27)14-25-17-9-7-16(8-10-17)19(13-21(23)24)20-11-12-26-22-20/h3-12,19,27H,13-14H2,1-2H3,(H,23,24)/b5-4+,15-3+,18-6-. The Bertz CT molecular complexity index is 820. The van der Waals surface area contributed by atoms with Crippen molar-refractivity contribution in [1.29, 1.82) is 0 Å². The molecule has 142 valence electrons. The van der Waals surface area contributed by atoms with Gasteiger partial charge in [-0.1, -0.05) is 41.1 Å². The maximum absolute atomic E-state index is 11.2. The van der Waals surface area contributed by atoms with E-state index in [0.29, 0.717) is 18.1 Å². The van der Waals surface area contributed by atoms with Gasteiger partial charge in [0.05, 0.1) is 12.1 Å². The fourth-order valence-electron chi connectivity index (χ4n) is 2.38. The number of rotatable bonds is 9. The van der Waals surface area contributed by atoms with Crippen LogP contribution in [0.4, 0.5) is 0 Å². The van der Waals surface area contributed by atoms with Crippen LogP contribution in [0.5, 0.6) is 5.75 Å². The van der Waals surface area contributed by atoms with Crippen molar-refractivity contribution >= 4 is 18.6 Å². The average Bonchev–Trinajstić information content (AvgIpc) is 3.19. The number of nitrogens with zero attached hydrogens (tertiary/aromatic N) is 1. The first kappa shape index (κ1) is 20.6. The Balaban J connectivity index is 2.00. The number of aromatic nitrogens is 1. The molecule has 0 saturated carbocycles. The van der Waals surface area contributed by atoms with E-state index < -0.39 is 5.97 Å². The van der Waals surface area contributed by atoms with Crippen LogP contribution in [0, 0.1) is 0 Å². The van der Waals surface area contributed by atoms with Crippen LogP contribution in [0.25, 0.3) is 0 Å². The fourth-order valence-corrected chi connectivity index (χ4v) is 2.53. The number of carboxylic acid groups (broad SMARTS) is 1. The minimum Gasteiger partial charge on any atom is -0.488 e. The highest BCUT2D eigenvalue weighted by Crippen LogP contribution is 2.28. The summed E-state index contributed by atoms with van der Waals surface area (Å²) in [6, 6.07) is 8.98. The van der Waals surface area contributed by atoms with E-state index in [-0.39, 0.29) is 12.3 Å². The number of hydrogen-bond acceptors (Lipinski definition) is 5. The summed E-state index contributed by atoms with van der Waals surface area (Å²) in [5, 5.41) is 13.0. The Labute approximate surface area is 164 Å². The lowest BCUT2D eigenvalue weighted by Gasteiger charge is -2.13. The van der Waals surface area contributed by atoms with E-state index in [0.717, 1.165) is 10.5 Å². The van der Waals surface area contributed by atoms with Crippen LogP contribution in [-0.2, 0) is 4.79 Å². The Morgan fingerprint density at radius 1 is 1.33 bits per heavy atom. The van der Waals surface area contributed by atoms with Gasteiger partial charge in [0, 0.05) is 16.9 Å². The molecule has 1 N–H and O–H groups in total. The summed E-state index contributed by atoms with van der Waals surface area (Å²) in [6.45, 7) is 4.36. The first-order chi connectivity index (χ1) is 13.0. The van der Waals surface area contributed by atoms with E-state index in [1.165, 1.54) is 11.8 Å². The quantitative estimate of drug-likeness (QED) is 0.470. The molecular weight excluding hydrogens is 362 g/mol. The zero-order valence-corrected chi connectivity index (χ0v) is 16.2. The van der Waals surface area contributed by atoms with Gasteiger partial charge in [-0.05, 0) is 37.6 Å². The van der Waals surface area contributed by atoms with Gasteiger partial charge in [-0.15, -0.1) is 12.6 Å². The Hall–Kier alpha value is -2.73. The molecule has 1 unspecified atom stereocenters. The van der Waals surface area contributed by atoms with Crippen LogP contribution in [0.3, 0.4) is 0 Å². The first-order valence-electron chi connectivity index (χ1n) is 8.53. The molecule has 2 aromatic rings. The summed E-state index contributed by atoms with van der Waals surface area (Å²) in [4.78, 5) is 12.0. The second-order valence-corrected chi connectivity index (χ2v) is 6.56. The molecule has 0 aliphatic heterocycles. The average molecular weight is 385 g/mol. The largest absolute Gasteiger partial charge is 0.488 e. The molecule has 0 radical (unpaired) electrons. The van der Waals surface area contributed by atoms with Crippen molar-refractivity contribution < 1.29 is 19.2 Å². The predicted octanol–water partition coefficient (Wildman–Crippen LogP) is 5.00. The molecule has 0 saturated heterocycles. The highest BCUT2D eigenvalue weighted by molar-refractivity contribution is 7.84. The number of carbonyl (C=O) groups is 1. The molecule has 1 aromatic carbocycles. The lowest BCUT2D eigenvalue weighted by molar-refractivity contribution is -0.137. The van der Waals surface area contributed by atoms with Crippen molar-refractivity contribution in [2.45, 2.75) is 26.2 Å². The normalized spacial score (nSPS) is 13.7. The van der Waals surface area contributed by atoms with Gasteiger partial charge in [0.15, 0.2) is 0 Å². The number of aliphatic carboxylic acids is 1.